The summed E-state index contributed by atoms with van der Waals surface area (Å²) in [6, 6.07) is 12.7. The Kier molecular flexibility index (Phi) is 5.30. The van der Waals surface area contributed by atoms with Gasteiger partial charge in [0, 0.05) is 23.7 Å². The van der Waals surface area contributed by atoms with Crippen LogP contribution in [-0.4, -0.2) is 18.4 Å². The predicted molar refractivity (Wildman–Crippen MR) is 101 cm³/mol. The van der Waals surface area contributed by atoms with E-state index in [0.717, 1.165) is 12.1 Å². The standard InChI is InChI=1S/C19H18Cl2N2O2/c1-2-12-3-6-15(7-4-12)23-11-13(9-18(23)24)19(25)22-17-10-14(20)5-8-16(17)21/h3-8,10,13H,2,9,11H2,1H3,(H,22,25)/t13-/m0/s1. The van der Waals surface area contributed by atoms with Gasteiger partial charge in [-0.2, -0.15) is 0 Å². The monoisotopic (exact) mass is 376 g/mol. The zero-order valence-corrected chi connectivity index (χ0v) is 15.3. The molecule has 6 heteroatoms. The summed E-state index contributed by atoms with van der Waals surface area (Å²) in [5.41, 5.74) is 2.48. The van der Waals surface area contributed by atoms with Gasteiger partial charge in [0.15, 0.2) is 0 Å². The highest BCUT2D eigenvalue weighted by Gasteiger charge is 2.35. The van der Waals surface area contributed by atoms with Gasteiger partial charge < -0.3 is 10.2 Å². The van der Waals surface area contributed by atoms with E-state index in [1.807, 2.05) is 24.3 Å². The van der Waals surface area contributed by atoms with Crippen LogP contribution in [0.4, 0.5) is 11.4 Å². The first-order chi connectivity index (χ1) is 12.0. The predicted octanol–water partition coefficient (Wildman–Crippen LogP) is 4.55. The van der Waals surface area contributed by atoms with E-state index < -0.39 is 5.92 Å². The van der Waals surface area contributed by atoms with Crippen molar-refractivity contribution in [1.29, 1.82) is 0 Å². The van der Waals surface area contributed by atoms with E-state index in [-0.39, 0.29) is 18.2 Å². The zero-order valence-electron chi connectivity index (χ0n) is 13.8. The van der Waals surface area contributed by atoms with Gasteiger partial charge in [0.1, 0.15) is 0 Å². The Morgan fingerprint density at radius 2 is 1.92 bits per heavy atom. The number of nitrogens with one attached hydrogen (secondary N) is 1. The second-order valence-electron chi connectivity index (χ2n) is 6.04. The van der Waals surface area contributed by atoms with Crippen molar-refractivity contribution < 1.29 is 9.59 Å². The highest BCUT2D eigenvalue weighted by Crippen LogP contribution is 2.29. The molecule has 3 rings (SSSR count). The molecular formula is C19H18Cl2N2O2. The van der Waals surface area contributed by atoms with E-state index >= 15 is 0 Å². The third-order valence-electron chi connectivity index (χ3n) is 4.34. The van der Waals surface area contributed by atoms with Gasteiger partial charge in [-0.05, 0) is 42.3 Å². The Hall–Kier alpha value is -2.04. The largest absolute Gasteiger partial charge is 0.324 e. The number of hydrogen-bond donors (Lipinski definition) is 1. The lowest BCUT2D eigenvalue weighted by atomic mass is 10.1. The maximum absolute atomic E-state index is 12.5. The first kappa shape index (κ1) is 17.8. The lowest BCUT2D eigenvalue weighted by molar-refractivity contribution is -0.122. The Labute approximate surface area is 156 Å². The minimum absolute atomic E-state index is 0.0541. The van der Waals surface area contributed by atoms with Crippen LogP contribution in [0.15, 0.2) is 42.5 Å². The molecule has 1 aliphatic heterocycles. The molecule has 2 aromatic rings. The van der Waals surface area contributed by atoms with Gasteiger partial charge in [0.2, 0.25) is 11.8 Å². The van der Waals surface area contributed by atoms with Crippen molar-refractivity contribution in [2.75, 3.05) is 16.8 Å². The Bertz CT molecular complexity index is 806. The molecule has 130 valence electrons. The van der Waals surface area contributed by atoms with Gasteiger partial charge >= 0.3 is 0 Å². The normalized spacial score (nSPS) is 17.0. The van der Waals surface area contributed by atoms with Crippen molar-refractivity contribution in [3.63, 3.8) is 0 Å². The van der Waals surface area contributed by atoms with Crippen LogP contribution < -0.4 is 10.2 Å². The molecule has 0 aliphatic carbocycles. The van der Waals surface area contributed by atoms with Crippen LogP contribution >= 0.6 is 23.2 Å². The lowest BCUT2D eigenvalue weighted by Crippen LogP contribution is -2.28. The van der Waals surface area contributed by atoms with Crippen LogP contribution in [0.2, 0.25) is 10.0 Å². The van der Waals surface area contributed by atoms with E-state index in [1.54, 1.807) is 23.1 Å². The first-order valence-corrected chi connectivity index (χ1v) is 8.88. The van der Waals surface area contributed by atoms with E-state index in [1.165, 1.54) is 5.56 Å². The number of halogens is 2. The molecule has 0 saturated carbocycles. The second kappa shape index (κ2) is 7.46. The van der Waals surface area contributed by atoms with E-state index in [9.17, 15) is 9.59 Å². The van der Waals surface area contributed by atoms with Gasteiger partial charge in [-0.3, -0.25) is 9.59 Å². The fourth-order valence-electron chi connectivity index (χ4n) is 2.87. The third-order valence-corrected chi connectivity index (χ3v) is 4.90. The Morgan fingerprint density at radius 1 is 1.20 bits per heavy atom. The Morgan fingerprint density at radius 3 is 2.60 bits per heavy atom. The maximum Gasteiger partial charge on any atom is 0.229 e. The van der Waals surface area contributed by atoms with E-state index in [2.05, 4.69) is 12.2 Å². The van der Waals surface area contributed by atoms with Crippen molar-refractivity contribution in [2.24, 2.45) is 5.92 Å². The molecule has 0 unspecified atom stereocenters. The topological polar surface area (TPSA) is 49.4 Å². The maximum atomic E-state index is 12.5. The van der Waals surface area contributed by atoms with Crippen LogP contribution in [0.5, 0.6) is 0 Å². The quantitative estimate of drug-likeness (QED) is 0.850. The van der Waals surface area contributed by atoms with Gasteiger partial charge in [-0.1, -0.05) is 42.3 Å². The molecule has 1 heterocycles. The van der Waals surface area contributed by atoms with Crippen molar-refractivity contribution in [3.8, 4) is 0 Å². The number of anilines is 2. The lowest BCUT2D eigenvalue weighted by Gasteiger charge is -2.17. The van der Waals surface area contributed by atoms with Gasteiger partial charge in [0.25, 0.3) is 0 Å². The first-order valence-electron chi connectivity index (χ1n) is 8.13. The zero-order chi connectivity index (χ0) is 18.0. The molecule has 4 nitrogen and oxygen atoms in total. The third kappa shape index (κ3) is 3.97. The summed E-state index contributed by atoms with van der Waals surface area (Å²) in [5.74, 6) is -0.708. The van der Waals surface area contributed by atoms with Crippen LogP contribution in [0.25, 0.3) is 0 Å². The van der Waals surface area contributed by atoms with Crippen LogP contribution in [-0.2, 0) is 16.0 Å². The highest BCUT2D eigenvalue weighted by atomic mass is 35.5. The molecule has 0 radical (unpaired) electrons. The average molecular weight is 377 g/mol. The average Bonchev–Trinajstić information content (AvgIpc) is 3.00. The molecule has 2 amide bonds. The number of amides is 2. The smallest absolute Gasteiger partial charge is 0.229 e. The molecule has 2 aromatic carbocycles. The van der Waals surface area contributed by atoms with Crippen molar-refractivity contribution in [3.05, 3.63) is 58.1 Å². The van der Waals surface area contributed by atoms with Crippen molar-refractivity contribution in [2.45, 2.75) is 19.8 Å². The van der Waals surface area contributed by atoms with Crippen molar-refractivity contribution >= 4 is 46.4 Å². The molecule has 1 N–H and O–H groups in total. The molecule has 0 spiro atoms. The second-order valence-corrected chi connectivity index (χ2v) is 6.88. The summed E-state index contributed by atoms with van der Waals surface area (Å²) in [6.45, 7) is 2.44. The summed E-state index contributed by atoms with van der Waals surface area (Å²) >= 11 is 12.0. The minimum Gasteiger partial charge on any atom is -0.324 e. The van der Waals surface area contributed by atoms with Crippen LogP contribution in [0.1, 0.15) is 18.9 Å². The summed E-state index contributed by atoms with van der Waals surface area (Å²) < 4.78 is 0. The highest BCUT2D eigenvalue weighted by molar-refractivity contribution is 6.35. The van der Waals surface area contributed by atoms with Gasteiger partial charge in [0.05, 0.1) is 16.6 Å². The van der Waals surface area contributed by atoms with Gasteiger partial charge in [-0.25, -0.2) is 0 Å². The molecule has 1 aliphatic rings. The van der Waals surface area contributed by atoms with E-state index in [0.29, 0.717) is 22.3 Å². The summed E-state index contributed by atoms with van der Waals surface area (Å²) in [4.78, 5) is 26.5. The molecule has 0 bridgehead atoms. The van der Waals surface area contributed by atoms with Crippen LogP contribution in [0.3, 0.4) is 0 Å². The summed E-state index contributed by atoms with van der Waals surface area (Å²) in [5, 5.41) is 3.67. The SMILES string of the molecule is CCc1ccc(N2C[C@@H](C(=O)Nc3cc(Cl)ccc3Cl)CC2=O)cc1. The van der Waals surface area contributed by atoms with Crippen molar-refractivity contribution in [1.82, 2.24) is 0 Å². The van der Waals surface area contributed by atoms with E-state index in [4.69, 9.17) is 23.2 Å². The van der Waals surface area contributed by atoms with Crippen LogP contribution in [0, 0.1) is 5.92 Å². The molecule has 25 heavy (non-hydrogen) atoms. The number of carbonyl (C=O) groups excluding carboxylic acids is 2. The Balaban J connectivity index is 1.70. The number of aryl methyl sites for hydroxylation is 1. The number of rotatable bonds is 4. The number of carbonyl (C=O) groups is 2. The van der Waals surface area contributed by atoms with Gasteiger partial charge in [-0.15, -0.1) is 0 Å². The number of hydrogen-bond acceptors (Lipinski definition) is 2. The summed E-state index contributed by atoms with van der Waals surface area (Å²) in [7, 11) is 0. The molecule has 0 aromatic heterocycles. The fourth-order valence-corrected chi connectivity index (χ4v) is 3.21. The molecular weight excluding hydrogens is 359 g/mol. The number of benzene rings is 2. The number of nitrogens with zero attached hydrogens (tertiary/aromatic N) is 1. The minimum atomic E-state index is -0.423. The summed E-state index contributed by atoms with van der Waals surface area (Å²) in [6.07, 6.45) is 1.12. The fraction of sp³-hybridized carbons (Fsp3) is 0.263. The molecule has 1 fully saturated rings. The molecule has 1 atom stereocenters. The molecule has 1 saturated heterocycles.